The maximum Gasteiger partial charge on any atom is 0.258 e. The average Bonchev–Trinajstić information content (AvgIpc) is 2.95. The van der Waals surface area contributed by atoms with Crippen LogP contribution in [0.5, 0.6) is 0 Å². The topological polar surface area (TPSA) is 56.2 Å². The van der Waals surface area contributed by atoms with E-state index in [-0.39, 0.29) is 11.7 Å². The third-order valence-electron chi connectivity index (χ3n) is 3.67. The molecule has 1 saturated heterocycles. The van der Waals surface area contributed by atoms with E-state index in [4.69, 9.17) is 4.74 Å². The molecule has 1 N–H and O–H groups in total. The van der Waals surface area contributed by atoms with Crippen LogP contribution >= 0.6 is 0 Å². The van der Waals surface area contributed by atoms with Gasteiger partial charge in [-0.2, -0.15) is 5.10 Å². The van der Waals surface area contributed by atoms with Crippen molar-refractivity contribution in [2.75, 3.05) is 11.9 Å². The highest BCUT2D eigenvalue weighted by Gasteiger charge is 2.16. The summed E-state index contributed by atoms with van der Waals surface area (Å²) in [5.74, 6) is -1.02. The standard InChI is InChI=1S/C16H18FN3O2/c17-15-7-2-1-6-14(15)16(21)19-12-9-18-20(10-12)11-13-5-3-4-8-22-13/h1-2,6-7,9-10,13H,3-5,8,11H2,(H,19,21). The zero-order valence-corrected chi connectivity index (χ0v) is 12.2. The fourth-order valence-corrected chi connectivity index (χ4v) is 2.53. The second-order valence-corrected chi connectivity index (χ2v) is 5.37. The van der Waals surface area contributed by atoms with Gasteiger partial charge in [0.05, 0.1) is 30.1 Å². The number of ether oxygens (including phenoxy) is 1. The number of amides is 1. The van der Waals surface area contributed by atoms with Gasteiger partial charge in [-0.25, -0.2) is 4.39 Å². The first-order valence-corrected chi connectivity index (χ1v) is 7.42. The van der Waals surface area contributed by atoms with E-state index in [1.165, 1.54) is 18.6 Å². The fraction of sp³-hybridized carbons (Fsp3) is 0.375. The number of hydrogen-bond donors (Lipinski definition) is 1. The number of nitrogens with one attached hydrogen (secondary N) is 1. The molecule has 1 amide bonds. The number of aromatic nitrogens is 2. The Labute approximate surface area is 128 Å². The van der Waals surface area contributed by atoms with Crippen LogP contribution in [0.4, 0.5) is 10.1 Å². The molecule has 0 aliphatic carbocycles. The average molecular weight is 303 g/mol. The van der Waals surface area contributed by atoms with Gasteiger partial charge in [0.25, 0.3) is 5.91 Å². The van der Waals surface area contributed by atoms with Crippen LogP contribution in [0.15, 0.2) is 36.7 Å². The predicted molar refractivity (Wildman–Crippen MR) is 80.2 cm³/mol. The number of carbonyl (C=O) groups is 1. The zero-order chi connectivity index (χ0) is 15.4. The molecule has 1 aromatic heterocycles. The van der Waals surface area contributed by atoms with Gasteiger partial charge in [-0.15, -0.1) is 0 Å². The van der Waals surface area contributed by atoms with E-state index in [0.29, 0.717) is 12.2 Å². The van der Waals surface area contributed by atoms with Crippen molar-refractivity contribution in [2.24, 2.45) is 0 Å². The van der Waals surface area contributed by atoms with Gasteiger partial charge < -0.3 is 10.1 Å². The number of rotatable bonds is 4. The summed E-state index contributed by atoms with van der Waals surface area (Å²) in [5, 5.41) is 6.86. The molecule has 5 nitrogen and oxygen atoms in total. The number of benzene rings is 1. The Morgan fingerprint density at radius 3 is 3.05 bits per heavy atom. The molecule has 2 aromatic rings. The van der Waals surface area contributed by atoms with Gasteiger partial charge in [-0.3, -0.25) is 9.48 Å². The highest BCUT2D eigenvalue weighted by atomic mass is 19.1. The number of anilines is 1. The van der Waals surface area contributed by atoms with Crippen molar-refractivity contribution in [1.82, 2.24) is 9.78 Å². The second kappa shape index (κ2) is 6.70. The molecule has 6 heteroatoms. The Hall–Kier alpha value is -2.21. The van der Waals surface area contributed by atoms with E-state index in [1.54, 1.807) is 29.2 Å². The van der Waals surface area contributed by atoms with Crippen LogP contribution in [0.25, 0.3) is 0 Å². The first-order valence-electron chi connectivity index (χ1n) is 7.42. The van der Waals surface area contributed by atoms with E-state index in [1.807, 2.05) is 0 Å². The lowest BCUT2D eigenvalue weighted by Crippen LogP contribution is -2.24. The second-order valence-electron chi connectivity index (χ2n) is 5.37. The van der Waals surface area contributed by atoms with Gasteiger partial charge >= 0.3 is 0 Å². The number of nitrogens with zero attached hydrogens (tertiary/aromatic N) is 2. The lowest BCUT2D eigenvalue weighted by molar-refractivity contribution is 0.00401. The Morgan fingerprint density at radius 1 is 1.41 bits per heavy atom. The number of carbonyl (C=O) groups excluding carboxylic acids is 1. The molecule has 1 aromatic carbocycles. The van der Waals surface area contributed by atoms with E-state index < -0.39 is 11.7 Å². The molecule has 22 heavy (non-hydrogen) atoms. The number of halogens is 1. The van der Waals surface area contributed by atoms with Crippen LogP contribution < -0.4 is 5.32 Å². The smallest absolute Gasteiger partial charge is 0.258 e. The van der Waals surface area contributed by atoms with E-state index in [9.17, 15) is 9.18 Å². The number of hydrogen-bond acceptors (Lipinski definition) is 3. The van der Waals surface area contributed by atoms with Gasteiger partial charge in [-0.05, 0) is 31.4 Å². The minimum atomic E-state index is -0.539. The van der Waals surface area contributed by atoms with Crippen LogP contribution in [0.1, 0.15) is 29.6 Å². The lowest BCUT2D eigenvalue weighted by Gasteiger charge is -2.22. The summed E-state index contributed by atoms with van der Waals surface area (Å²) in [7, 11) is 0. The van der Waals surface area contributed by atoms with Crippen molar-refractivity contribution in [1.29, 1.82) is 0 Å². The van der Waals surface area contributed by atoms with Crippen molar-refractivity contribution in [2.45, 2.75) is 31.9 Å². The third kappa shape index (κ3) is 3.51. The maximum atomic E-state index is 13.6. The molecule has 0 saturated carbocycles. The molecule has 1 atom stereocenters. The molecule has 0 radical (unpaired) electrons. The molecule has 1 unspecified atom stereocenters. The molecule has 3 rings (SSSR count). The van der Waals surface area contributed by atoms with Gasteiger partial charge in [0.2, 0.25) is 0 Å². The summed E-state index contributed by atoms with van der Waals surface area (Å²) in [6.07, 6.45) is 6.76. The normalized spacial score (nSPS) is 18.1. The van der Waals surface area contributed by atoms with Gasteiger partial charge in [-0.1, -0.05) is 12.1 Å². The molecule has 116 valence electrons. The minimum Gasteiger partial charge on any atom is -0.376 e. The molecule has 1 aliphatic heterocycles. The van der Waals surface area contributed by atoms with E-state index in [2.05, 4.69) is 10.4 Å². The van der Waals surface area contributed by atoms with E-state index >= 15 is 0 Å². The summed E-state index contributed by atoms with van der Waals surface area (Å²) in [6, 6.07) is 5.89. The molecular formula is C16H18FN3O2. The zero-order valence-electron chi connectivity index (χ0n) is 12.2. The van der Waals surface area contributed by atoms with Crippen LogP contribution in [-0.2, 0) is 11.3 Å². The summed E-state index contributed by atoms with van der Waals surface area (Å²) in [4.78, 5) is 12.0. The van der Waals surface area contributed by atoms with Crippen molar-refractivity contribution in [3.8, 4) is 0 Å². The summed E-state index contributed by atoms with van der Waals surface area (Å²) in [5.41, 5.74) is 0.565. The molecule has 0 spiro atoms. The predicted octanol–water partition coefficient (Wildman–Crippen LogP) is 2.84. The van der Waals surface area contributed by atoms with Crippen LogP contribution in [0.2, 0.25) is 0 Å². The fourth-order valence-electron chi connectivity index (χ4n) is 2.53. The first-order chi connectivity index (χ1) is 10.7. The van der Waals surface area contributed by atoms with Gasteiger partial charge in [0, 0.05) is 12.8 Å². The largest absolute Gasteiger partial charge is 0.376 e. The van der Waals surface area contributed by atoms with Crippen molar-refractivity contribution in [3.05, 3.63) is 48.0 Å². The Bertz CT molecular complexity index is 650. The van der Waals surface area contributed by atoms with Crippen molar-refractivity contribution >= 4 is 11.6 Å². The highest BCUT2D eigenvalue weighted by Crippen LogP contribution is 2.16. The molecule has 0 bridgehead atoms. The third-order valence-corrected chi connectivity index (χ3v) is 3.67. The lowest BCUT2D eigenvalue weighted by atomic mass is 10.1. The maximum absolute atomic E-state index is 13.6. The summed E-state index contributed by atoms with van der Waals surface area (Å²) < 4.78 is 21.0. The summed E-state index contributed by atoms with van der Waals surface area (Å²) in [6.45, 7) is 1.46. The van der Waals surface area contributed by atoms with E-state index in [0.717, 1.165) is 19.4 Å². The first kappa shape index (κ1) is 14.7. The van der Waals surface area contributed by atoms with Crippen molar-refractivity contribution < 1.29 is 13.9 Å². The van der Waals surface area contributed by atoms with Crippen LogP contribution in [0.3, 0.4) is 0 Å². The monoisotopic (exact) mass is 303 g/mol. The highest BCUT2D eigenvalue weighted by molar-refractivity contribution is 6.04. The Kier molecular flexibility index (Phi) is 4.48. The van der Waals surface area contributed by atoms with Gasteiger partial charge in [0.1, 0.15) is 5.82 Å². The molecular weight excluding hydrogens is 285 g/mol. The molecule has 2 heterocycles. The van der Waals surface area contributed by atoms with Crippen molar-refractivity contribution in [3.63, 3.8) is 0 Å². The Morgan fingerprint density at radius 2 is 2.27 bits per heavy atom. The Balaban J connectivity index is 1.61. The SMILES string of the molecule is O=C(Nc1cnn(CC2CCCCO2)c1)c1ccccc1F. The van der Waals surface area contributed by atoms with Gasteiger partial charge in [0.15, 0.2) is 0 Å². The molecule has 1 fully saturated rings. The minimum absolute atomic E-state index is 0.0193. The quantitative estimate of drug-likeness (QED) is 0.945. The van der Waals surface area contributed by atoms with Crippen LogP contribution in [0, 0.1) is 5.82 Å². The van der Waals surface area contributed by atoms with Crippen LogP contribution in [-0.4, -0.2) is 28.4 Å². The molecule has 1 aliphatic rings. The summed E-state index contributed by atoms with van der Waals surface area (Å²) >= 11 is 0.